The van der Waals surface area contributed by atoms with E-state index in [9.17, 15) is 13.2 Å². The Hall–Kier alpha value is -3.48. The first kappa shape index (κ1) is 23.7. The second kappa shape index (κ2) is 10.2. The lowest BCUT2D eigenvalue weighted by molar-refractivity contribution is -0.113. The number of rotatable bonds is 9. The first-order valence-electron chi connectivity index (χ1n) is 10.2. The highest BCUT2D eigenvalue weighted by atomic mass is 32.2. The Labute approximate surface area is 200 Å². The zero-order chi connectivity index (χ0) is 24.1. The van der Waals surface area contributed by atoms with Gasteiger partial charge in [-0.3, -0.25) is 14.3 Å². The van der Waals surface area contributed by atoms with Gasteiger partial charge in [0.2, 0.25) is 15.9 Å². The molecule has 0 aliphatic carbocycles. The Morgan fingerprint density at radius 1 is 1.18 bits per heavy atom. The van der Waals surface area contributed by atoms with Crippen LogP contribution in [0.4, 0.5) is 5.69 Å². The fourth-order valence-electron chi connectivity index (χ4n) is 3.21. The molecular weight excluding hydrogens is 476 g/mol. The zero-order valence-electron chi connectivity index (χ0n) is 18.4. The van der Waals surface area contributed by atoms with Gasteiger partial charge in [0.25, 0.3) is 0 Å². The van der Waals surface area contributed by atoms with E-state index in [1.165, 1.54) is 24.9 Å². The molecule has 0 saturated heterocycles. The average Bonchev–Trinajstić information content (AvgIpc) is 3.50. The van der Waals surface area contributed by atoms with Crippen molar-refractivity contribution in [3.63, 3.8) is 0 Å². The molecule has 0 atom stereocenters. The summed E-state index contributed by atoms with van der Waals surface area (Å²) in [7, 11) is -2.30. The van der Waals surface area contributed by atoms with Gasteiger partial charge in [0.1, 0.15) is 5.76 Å². The number of furan rings is 1. The molecule has 0 saturated carbocycles. The molecule has 0 unspecified atom stereocenters. The molecule has 2 N–H and O–H groups in total. The van der Waals surface area contributed by atoms with E-state index in [-0.39, 0.29) is 16.6 Å². The third-order valence-electron chi connectivity index (χ3n) is 4.89. The van der Waals surface area contributed by atoms with Crippen LogP contribution in [-0.2, 0) is 21.4 Å². The Kier molecular flexibility index (Phi) is 7.10. The number of thioether (sulfide) groups is 1. The Balaban J connectivity index is 1.51. The van der Waals surface area contributed by atoms with Crippen molar-refractivity contribution in [3.8, 4) is 11.4 Å². The van der Waals surface area contributed by atoms with E-state index in [1.807, 2.05) is 22.8 Å². The largest absolute Gasteiger partial charge is 0.467 e. The van der Waals surface area contributed by atoms with E-state index in [1.54, 1.807) is 43.8 Å². The van der Waals surface area contributed by atoms with Crippen molar-refractivity contribution in [2.24, 2.45) is 0 Å². The van der Waals surface area contributed by atoms with Gasteiger partial charge in [-0.05, 0) is 55.9 Å². The van der Waals surface area contributed by atoms with Crippen LogP contribution < -0.4 is 10.0 Å². The van der Waals surface area contributed by atoms with Crippen LogP contribution in [0, 0.1) is 6.92 Å². The van der Waals surface area contributed by atoms with Gasteiger partial charge < -0.3 is 9.73 Å². The van der Waals surface area contributed by atoms with Crippen LogP contribution >= 0.6 is 11.8 Å². The second-order valence-electron chi connectivity index (χ2n) is 7.24. The highest BCUT2D eigenvalue weighted by Crippen LogP contribution is 2.25. The van der Waals surface area contributed by atoms with Gasteiger partial charge in [0, 0.05) is 23.6 Å². The molecule has 12 heteroatoms. The van der Waals surface area contributed by atoms with Gasteiger partial charge in [-0.2, -0.15) is 0 Å². The number of carbonyl (C=O) groups excluding carboxylic acids is 1. The summed E-state index contributed by atoms with van der Waals surface area (Å²) in [6, 6.07) is 12.1. The molecule has 1 amide bonds. The number of aromatic nitrogens is 4. The Morgan fingerprint density at radius 2 is 2.03 bits per heavy atom. The monoisotopic (exact) mass is 498 g/mol. The molecule has 0 aliphatic rings. The number of amides is 1. The highest BCUT2D eigenvalue weighted by Gasteiger charge is 2.18. The van der Waals surface area contributed by atoms with Gasteiger partial charge in [-0.25, -0.2) is 13.1 Å². The maximum Gasteiger partial charge on any atom is 0.240 e. The minimum atomic E-state index is -3.64. The third kappa shape index (κ3) is 5.35. The summed E-state index contributed by atoms with van der Waals surface area (Å²) < 4.78 is 34.0. The van der Waals surface area contributed by atoms with Gasteiger partial charge in [0.15, 0.2) is 11.0 Å². The van der Waals surface area contributed by atoms with Gasteiger partial charge in [0.05, 0.1) is 23.5 Å². The number of nitrogens with one attached hydrogen (secondary N) is 2. The van der Waals surface area contributed by atoms with E-state index in [0.717, 1.165) is 5.56 Å². The lowest BCUT2D eigenvalue weighted by atomic mass is 10.2. The van der Waals surface area contributed by atoms with Crippen LogP contribution in [0.15, 0.2) is 75.6 Å². The molecular formula is C22H22N6O4S2. The lowest BCUT2D eigenvalue weighted by Crippen LogP contribution is -2.20. The molecule has 10 nitrogen and oxygen atoms in total. The molecule has 0 aliphatic heterocycles. The van der Waals surface area contributed by atoms with Crippen LogP contribution in [-0.4, -0.2) is 46.9 Å². The van der Waals surface area contributed by atoms with E-state index in [4.69, 9.17) is 4.42 Å². The number of hydrogen-bond acceptors (Lipinski definition) is 8. The first-order chi connectivity index (χ1) is 16.4. The zero-order valence-corrected chi connectivity index (χ0v) is 20.1. The normalized spacial score (nSPS) is 11.5. The maximum absolute atomic E-state index is 12.6. The summed E-state index contributed by atoms with van der Waals surface area (Å²) in [5, 5.41) is 11.8. The minimum absolute atomic E-state index is 0.0469. The standard InChI is InChI=1S/C22H22N6O4S2/c1-15-7-8-17(11-19(15)34(30,31)23-2)25-20(29)14-33-22-27-26-21(16-5-3-9-24-12-16)28(22)13-18-6-4-10-32-18/h3-12,23H,13-14H2,1-2H3,(H,25,29). The van der Waals surface area contributed by atoms with Crippen molar-refractivity contribution < 1.29 is 17.6 Å². The minimum Gasteiger partial charge on any atom is -0.467 e. The van der Waals surface area contributed by atoms with Gasteiger partial charge >= 0.3 is 0 Å². The molecule has 0 bridgehead atoms. The third-order valence-corrected chi connectivity index (χ3v) is 7.42. The Bertz CT molecular complexity index is 1390. The summed E-state index contributed by atoms with van der Waals surface area (Å²) >= 11 is 1.21. The van der Waals surface area contributed by atoms with Crippen LogP contribution in [0.5, 0.6) is 0 Å². The summed E-state index contributed by atoms with van der Waals surface area (Å²) in [5.74, 6) is 1.06. The number of benzene rings is 1. The van der Waals surface area contributed by atoms with E-state index < -0.39 is 10.0 Å². The van der Waals surface area contributed by atoms with Crippen molar-refractivity contribution in [2.45, 2.75) is 23.5 Å². The second-order valence-corrected chi connectivity index (χ2v) is 10.0. The SMILES string of the molecule is CNS(=O)(=O)c1cc(NC(=O)CSc2nnc(-c3cccnc3)n2Cc2ccco2)ccc1C. The number of nitrogens with zero attached hydrogens (tertiary/aromatic N) is 4. The summed E-state index contributed by atoms with van der Waals surface area (Å²) in [6.07, 6.45) is 4.96. The number of anilines is 1. The quantitative estimate of drug-likeness (QED) is 0.337. The van der Waals surface area contributed by atoms with E-state index in [2.05, 4.69) is 25.2 Å². The number of carbonyl (C=O) groups is 1. The number of hydrogen-bond donors (Lipinski definition) is 2. The molecule has 176 valence electrons. The maximum atomic E-state index is 12.6. The van der Waals surface area contributed by atoms with Crippen molar-refractivity contribution in [1.29, 1.82) is 0 Å². The molecule has 4 rings (SSSR count). The Morgan fingerprint density at radius 3 is 2.74 bits per heavy atom. The van der Waals surface area contributed by atoms with Gasteiger partial charge in [-0.1, -0.05) is 17.8 Å². The summed E-state index contributed by atoms with van der Waals surface area (Å²) in [4.78, 5) is 16.9. The molecule has 34 heavy (non-hydrogen) atoms. The molecule has 3 aromatic heterocycles. The van der Waals surface area contributed by atoms with E-state index >= 15 is 0 Å². The van der Waals surface area contributed by atoms with E-state index in [0.29, 0.717) is 34.5 Å². The first-order valence-corrected chi connectivity index (χ1v) is 12.7. The molecule has 0 radical (unpaired) electrons. The number of pyridine rings is 1. The fourth-order valence-corrected chi connectivity index (χ4v) is 4.94. The molecule has 3 heterocycles. The molecule has 0 fully saturated rings. The van der Waals surface area contributed by atoms with Crippen LogP contribution in [0.2, 0.25) is 0 Å². The molecule has 1 aromatic carbocycles. The topological polar surface area (TPSA) is 132 Å². The van der Waals surface area contributed by atoms with Crippen molar-refractivity contribution in [2.75, 3.05) is 18.1 Å². The number of sulfonamides is 1. The highest BCUT2D eigenvalue weighted by molar-refractivity contribution is 7.99. The van der Waals surface area contributed by atoms with Crippen LogP contribution in [0.1, 0.15) is 11.3 Å². The van der Waals surface area contributed by atoms with Crippen molar-refractivity contribution in [3.05, 3.63) is 72.4 Å². The molecule has 0 spiro atoms. The van der Waals surface area contributed by atoms with Crippen molar-refractivity contribution in [1.82, 2.24) is 24.5 Å². The summed E-state index contributed by atoms with van der Waals surface area (Å²) in [5.41, 5.74) is 1.75. The van der Waals surface area contributed by atoms with Crippen LogP contribution in [0.3, 0.4) is 0 Å². The predicted molar refractivity (Wildman–Crippen MR) is 128 cm³/mol. The summed E-state index contributed by atoms with van der Waals surface area (Å²) in [6.45, 7) is 2.08. The number of aryl methyl sites for hydroxylation is 1. The fraction of sp³-hybridized carbons (Fsp3) is 0.182. The molecule has 4 aromatic rings. The van der Waals surface area contributed by atoms with Crippen molar-refractivity contribution >= 4 is 33.4 Å². The van der Waals surface area contributed by atoms with Crippen LogP contribution in [0.25, 0.3) is 11.4 Å². The average molecular weight is 499 g/mol. The van der Waals surface area contributed by atoms with Gasteiger partial charge in [-0.15, -0.1) is 10.2 Å². The lowest BCUT2D eigenvalue weighted by Gasteiger charge is -2.11. The predicted octanol–water partition coefficient (Wildman–Crippen LogP) is 2.93. The smallest absolute Gasteiger partial charge is 0.240 e.